The van der Waals surface area contributed by atoms with E-state index in [2.05, 4.69) is 4.72 Å². The molecule has 1 aliphatic heterocycles. The number of hydrogen-bond acceptors (Lipinski definition) is 5. The van der Waals surface area contributed by atoms with Crippen LogP contribution in [0.25, 0.3) is 0 Å². The zero-order valence-corrected chi connectivity index (χ0v) is 16.2. The summed E-state index contributed by atoms with van der Waals surface area (Å²) >= 11 is 0. The molecule has 1 fully saturated rings. The van der Waals surface area contributed by atoms with Crippen molar-refractivity contribution >= 4 is 31.4 Å². The Morgan fingerprint density at radius 1 is 1.22 bits per heavy atom. The van der Waals surface area contributed by atoms with Gasteiger partial charge in [-0.05, 0) is 49.7 Å². The van der Waals surface area contributed by atoms with Gasteiger partial charge in [-0.1, -0.05) is 6.07 Å². The minimum atomic E-state index is -4.05. The smallest absolute Gasteiger partial charge is 0.262 e. The van der Waals surface area contributed by atoms with Crippen LogP contribution >= 0.6 is 0 Å². The van der Waals surface area contributed by atoms with E-state index in [9.17, 15) is 21.2 Å². The molecule has 0 aliphatic carbocycles. The lowest BCUT2D eigenvalue weighted by molar-refractivity contribution is 0.321. The molecule has 1 N–H and O–H groups in total. The number of sulfonamides is 2. The maximum Gasteiger partial charge on any atom is 0.262 e. The molecule has 1 saturated heterocycles. The zero-order valence-electron chi connectivity index (χ0n) is 14.6. The highest BCUT2D eigenvalue weighted by molar-refractivity contribution is 7.93. The predicted octanol–water partition coefficient (Wildman–Crippen LogP) is 2.57. The largest absolute Gasteiger partial charge is 0.491 e. The number of rotatable bonds is 6. The van der Waals surface area contributed by atoms with Crippen LogP contribution in [-0.2, 0) is 20.0 Å². The molecular weight excluding hydrogens is 395 g/mol. The second-order valence-corrected chi connectivity index (χ2v) is 9.62. The van der Waals surface area contributed by atoms with Crippen LogP contribution in [0.1, 0.15) is 13.3 Å². The standard InChI is InChI=1S/C17H19FN2O5S2/c1-2-25-17-8-7-15(12-16(17)18)27(23,24)19-13-5-3-6-14(11-13)20-9-4-10-26(20,21)22/h3,5-8,11-12,19H,2,4,9-10H2,1H3. The summed E-state index contributed by atoms with van der Waals surface area (Å²) in [5.74, 6) is -0.747. The van der Waals surface area contributed by atoms with E-state index in [1.54, 1.807) is 19.1 Å². The van der Waals surface area contributed by atoms with E-state index in [0.717, 1.165) is 6.07 Å². The number of hydrogen-bond donors (Lipinski definition) is 1. The number of anilines is 2. The van der Waals surface area contributed by atoms with Gasteiger partial charge >= 0.3 is 0 Å². The monoisotopic (exact) mass is 414 g/mol. The Balaban J connectivity index is 1.86. The molecule has 0 atom stereocenters. The van der Waals surface area contributed by atoms with Crippen molar-refractivity contribution in [1.29, 1.82) is 0 Å². The van der Waals surface area contributed by atoms with Crippen LogP contribution in [0.3, 0.4) is 0 Å². The van der Waals surface area contributed by atoms with Crippen molar-refractivity contribution in [2.45, 2.75) is 18.2 Å². The summed E-state index contributed by atoms with van der Waals surface area (Å²) in [6.07, 6.45) is 0.518. The lowest BCUT2D eigenvalue weighted by atomic mass is 10.3. The first kappa shape index (κ1) is 19.4. The molecule has 0 amide bonds. The third kappa shape index (κ3) is 4.16. The SMILES string of the molecule is CCOc1ccc(S(=O)(=O)Nc2cccc(N3CCCS3(=O)=O)c2)cc1F. The summed E-state index contributed by atoms with van der Waals surface area (Å²) in [7, 11) is -7.43. The van der Waals surface area contributed by atoms with Crippen LogP contribution in [0.5, 0.6) is 5.75 Å². The van der Waals surface area contributed by atoms with Gasteiger partial charge < -0.3 is 4.74 Å². The van der Waals surface area contributed by atoms with Gasteiger partial charge in [0, 0.05) is 6.54 Å². The van der Waals surface area contributed by atoms with Crippen molar-refractivity contribution < 1.29 is 26.0 Å². The molecule has 7 nitrogen and oxygen atoms in total. The van der Waals surface area contributed by atoms with Crippen molar-refractivity contribution in [2.24, 2.45) is 0 Å². The number of halogens is 1. The maximum atomic E-state index is 14.0. The normalized spacial score (nSPS) is 16.3. The first-order chi connectivity index (χ1) is 12.7. The first-order valence-corrected chi connectivity index (χ1v) is 11.4. The van der Waals surface area contributed by atoms with E-state index in [-0.39, 0.29) is 28.7 Å². The third-order valence-corrected chi connectivity index (χ3v) is 7.25. The molecule has 0 saturated carbocycles. The van der Waals surface area contributed by atoms with Gasteiger partial charge in [-0.3, -0.25) is 9.03 Å². The van der Waals surface area contributed by atoms with Gasteiger partial charge in [0.2, 0.25) is 10.0 Å². The summed E-state index contributed by atoms with van der Waals surface area (Å²) in [5, 5.41) is 0. The molecule has 146 valence electrons. The quantitative estimate of drug-likeness (QED) is 0.784. The lowest BCUT2D eigenvalue weighted by Gasteiger charge is -2.18. The Kier molecular flexibility index (Phi) is 5.29. The second kappa shape index (κ2) is 7.35. The number of benzene rings is 2. The molecule has 2 aromatic carbocycles. The second-order valence-electron chi connectivity index (χ2n) is 5.92. The summed E-state index contributed by atoms with van der Waals surface area (Å²) in [6.45, 7) is 2.30. The predicted molar refractivity (Wildman–Crippen MR) is 101 cm³/mol. The Morgan fingerprint density at radius 3 is 2.63 bits per heavy atom. The molecule has 0 aromatic heterocycles. The molecule has 0 unspecified atom stereocenters. The molecule has 10 heteroatoms. The average molecular weight is 414 g/mol. The van der Waals surface area contributed by atoms with Gasteiger partial charge in [-0.25, -0.2) is 21.2 Å². The minimum absolute atomic E-state index is 0.0299. The van der Waals surface area contributed by atoms with Crippen LogP contribution in [0.2, 0.25) is 0 Å². The molecule has 27 heavy (non-hydrogen) atoms. The van der Waals surface area contributed by atoms with E-state index in [1.807, 2.05) is 0 Å². The fraction of sp³-hybridized carbons (Fsp3) is 0.294. The Hall–Kier alpha value is -2.33. The fourth-order valence-electron chi connectivity index (χ4n) is 2.79. The number of nitrogens with zero attached hydrogens (tertiary/aromatic N) is 1. The van der Waals surface area contributed by atoms with Gasteiger partial charge in [0.15, 0.2) is 11.6 Å². The van der Waals surface area contributed by atoms with E-state index >= 15 is 0 Å². The topological polar surface area (TPSA) is 92.8 Å². The van der Waals surface area contributed by atoms with Gasteiger partial charge in [-0.2, -0.15) is 0 Å². The lowest BCUT2D eigenvalue weighted by Crippen LogP contribution is -2.25. The number of nitrogens with one attached hydrogen (secondary N) is 1. The molecule has 0 spiro atoms. The Morgan fingerprint density at radius 2 is 2.00 bits per heavy atom. The van der Waals surface area contributed by atoms with E-state index in [1.165, 1.54) is 28.6 Å². The summed E-state index contributed by atoms with van der Waals surface area (Å²) in [5.41, 5.74) is 0.564. The van der Waals surface area contributed by atoms with Crippen LogP contribution < -0.4 is 13.8 Å². The molecular formula is C17H19FN2O5S2. The van der Waals surface area contributed by atoms with E-state index in [4.69, 9.17) is 4.74 Å². The highest BCUT2D eigenvalue weighted by atomic mass is 32.2. The third-order valence-electron chi connectivity index (χ3n) is 4.00. The van der Waals surface area contributed by atoms with Crippen LogP contribution in [0, 0.1) is 5.82 Å². The molecule has 1 heterocycles. The van der Waals surface area contributed by atoms with E-state index < -0.39 is 25.9 Å². The minimum Gasteiger partial charge on any atom is -0.491 e. The van der Waals surface area contributed by atoms with Crippen LogP contribution in [0.4, 0.5) is 15.8 Å². The van der Waals surface area contributed by atoms with Gasteiger partial charge in [0.05, 0.1) is 28.6 Å². The van der Waals surface area contributed by atoms with Gasteiger partial charge in [0.1, 0.15) is 0 Å². The van der Waals surface area contributed by atoms with Crippen LogP contribution in [0.15, 0.2) is 47.4 Å². The summed E-state index contributed by atoms with van der Waals surface area (Å²) < 4.78 is 71.8. The summed E-state index contributed by atoms with van der Waals surface area (Å²) in [4.78, 5) is -0.261. The van der Waals surface area contributed by atoms with Crippen molar-refractivity contribution in [3.05, 3.63) is 48.3 Å². The fourth-order valence-corrected chi connectivity index (χ4v) is 5.41. The van der Waals surface area contributed by atoms with Gasteiger partial charge in [0.25, 0.3) is 10.0 Å². The Labute approximate surface area is 157 Å². The van der Waals surface area contributed by atoms with Crippen molar-refractivity contribution in [3.63, 3.8) is 0 Å². The van der Waals surface area contributed by atoms with Crippen molar-refractivity contribution in [1.82, 2.24) is 0 Å². The van der Waals surface area contributed by atoms with Crippen molar-refractivity contribution in [2.75, 3.05) is 27.9 Å². The average Bonchev–Trinajstić information content (AvgIpc) is 2.96. The van der Waals surface area contributed by atoms with Crippen molar-refractivity contribution in [3.8, 4) is 5.75 Å². The summed E-state index contributed by atoms with van der Waals surface area (Å²) in [6, 6.07) is 9.45. The van der Waals surface area contributed by atoms with Gasteiger partial charge in [-0.15, -0.1) is 0 Å². The highest BCUT2D eigenvalue weighted by Gasteiger charge is 2.28. The number of ether oxygens (including phenoxy) is 1. The highest BCUT2D eigenvalue weighted by Crippen LogP contribution is 2.28. The molecule has 2 aromatic rings. The zero-order chi connectivity index (χ0) is 19.7. The molecule has 3 rings (SSSR count). The first-order valence-electron chi connectivity index (χ1n) is 8.28. The molecule has 0 bridgehead atoms. The maximum absolute atomic E-state index is 14.0. The van der Waals surface area contributed by atoms with E-state index in [0.29, 0.717) is 18.7 Å². The molecule has 1 aliphatic rings. The Bertz CT molecular complexity index is 1050. The van der Waals surface area contributed by atoms with Crippen LogP contribution in [-0.4, -0.2) is 35.7 Å². The molecule has 0 radical (unpaired) electrons.